The Morgan fingerprint density at radius 2 is 0.742 bits per heavy atom. The topological polar surface area (TPSA) is 34.1 Å². The Kier molecular flexibility index (Phi) is 10.8. The van der Waals surface area contributed by atoms with Crippen molar-refractivity contribution in [2.45, 2.75) is 0 Å². The van der Waals surface area contributed by atoms with Crippen molar-refractivity contribution in [1.29, 1.82) is 0 Å². The van der Waals surface area contributed by atoms with E-state index in [0.717, 1.165) is 42.3 Å². The quantitative estimate of drug-likeness (QED) is 0.271. The van der Waals surface area contributed by atoms with Crippen LogP contribution >= 0.6 is 46.4 Å². The van der Waals surface area contributed by atoms with Gasteiger partial charge in [-0.3, -0.25) is 0 Å². The van der Waals surface area contributed by atoms with E-state index in [1.54, 1.807) is 0 Å². The molecule has 4 rings (SSSR count). The smallest absolute Gasteiger partial charge is 0.168 e. The first-order chi connectivity index (χ1) is 14.9. The molecule has 0 spiro atoms. The highest BCUT2D eigenvalue weighted by Gasteiger charge is 1.98. The molecule has 4 aromatic rings. The molecule has 0 saturated heterocycles. The Labute approximate surface area is 205 Å². The second-order valence-corrected chi connectivity index (χ2v) is 7.98. The summed E-state index contributed by atoms with van der Waals surface area (Å²) in [5, 5.41) is 2.99. The average molecular weight is 510 g/mol. The van der Waals surface area contributed by atoms with E-state index in [1.165, 1.54) is 0 Å². The first-order valence-corrected chi connectivity index (χ1v) is 11.1. The van der Waals surface area contributed by atoms with Gasteiger partial charge in [0.15, 0.2) is 0 Å². The molecule has 0 amide bonds. The van der Waals surface area contributed by atoms with Gasteiger partial charge in [0.05, 0.1) is 0 Å². The fourth-order valence-corrected chi connectivity index (χ4v) is 3.25. The van der Waals surface area contributed by atoms with E-state index in [4.69, 9.17) is 54.8 Å². The lowest BCUT2D eigenvalue weighted by Gasteiger charge is -2.01. The largest absolute Gasteiger partial charge is 0.335 e. The molecule has 158 valence electrons. The maximum atomic E-state index is 8.29. The van der Waals surface area contributed by atoms with Gasteiger partial charge in [0, 0.05) is 20.1 Å². The third-order valence-corrected chi connectivity index (χ3v) is 4.98. The first kappa shape index (κ1) is 25.1. The lowest BCUT2D eigenvalue weighted by molar-refractivity contribution is 0.630. The van der Waals surface area contributed by atoms with Gasteiger partial charge in [0.25, 0.3) is 0 Å². The van der Waals surface area contributed by atoms with Crippen LogP contribution in [0.2, 0.25) is 20.1 Å². The monoisotopic (exact) mass is 508 g/mol. The van der Waals surface area contributed by atoms with E-state index in [0.29, 0.717) is 0 Å². The zero-order valence-electron chi connectivity index (χ0n) is 16.0. The van der Waals surface area contributed by atoms with E-state index in [9.17, 15) is 0 Å². The molecule has 0 radical (unpaired) electrons. The zero-order valence-corrected chi connectivity index (χ0v) is 19.8. The van der Waals surface area contributed by atoms with Crippen molar-refractivity contribution in [3.05, 3.63) is 117 Å². The summed E-state index contributed by atoms with van der Waals surface area (Å²) in [4.78, 5) is 0. The van der Waals surface area contributed by atoms with Crippen molar-refractivity contribution >= 4 is 58.0 Å². The molecule has 0 bridgehead atoms. The van der Waals surface area contributed by atoms with Crippen LogP contribution in [0.1, 0.15) is 0 Å². The van der Waals surface area contributed by atoms with Crippen LogP contribution in [0, 0.1) is 0 Å². The van der Waals surface area contributed by atoms with Crippen molar-refractivity contribution in [2.75, 3.05) is 0 Å². The SMILES string of the molecule is Clc1ccc(-c2cccc(Cl)c2)cc1.Clc1ccc(-c2cccc(Cl)c2)cc1.O=S=O. The third kappa shape index (κ3) is 8.86. The standard InChI is InChI=1S/2C12H8Cl2.O2S/c2*13-11-6-4-9(5-7-11)10-2-1-3-12(14)8-10;1-3-2/h2*1-8H;. The molecule has 7 heteroatoms. The number of hydrogen-bond acceptors (Lipinski definition) is 2. The Balaban J connectivity index is 0.000000196. The van der Waals surface area contributed by atoms with Crippen LogP contribution in [-0.2, 0) is 11.6 Å². The Bertz CT molecular complexity index is 1050. The van der Waals surface area contributed by atoms with Crippen molar-refractivity contribution in [1.82, 2.24) is 0 Å². The zero-order chi connectivity index (χ0) is 22.6. The van der Waals surface area contributed by atoms with Gasteiger partial charge in [-0.15, -0.1) is 0 Å². The molecule has 0 saturated carbocycles. The summed E-state index contributed by atoms with van der Waals surface area (Å²) in [6.07, 6.45) is 0. The summed E-state index contributed by atoms with van der Waals surface area (Å²) in [7, 11) is 0. The molecule has 0 aromatic heterocycles. The predicted octanol–water partition coefficient (Wildman–Crippen LogP) is 8.65. The fourth-order valence-electron chi connectivity index (χ4n) is 2.62. The highest BCUT2D eigenvalue weighted by atomic mass is 35.5. The van der Waals surface area contributed by atoms with Gasteiger partial charge in [0.2, 0.25) is 0 Å². The van der Waals surface area contributed by atoms with E-state index in [-0.39, 0.29) is 0 Å². The van der Waals surface area contributed by atoms with Gasteiger partial charge in [0.1, 0.15) is 0 Å². The lowest BCUT2D eigenvalue weighted by Crippen LogP contribution is -1.76. The summed E-state index contributed by atoms with van der Waals surface area (Å²) >= 11 is 22.7. The molecule has 0 N–H and O–H groups in total. The molecule has 0 unspecified atom stereocenters. The first-order valence-electron chi connectivity index (χ1n) is 8.87. The maximum absolute atomic E-state index is 8.29. The molecule has 0 heterocycles. The van der Waals surface area contributed by atoms with Crippen LogP contribution in [-0.4, -0.2) is 8.42 Å². The molecule has 2 nitrogen and oxygen atoms in total. The summed E-state index contributed by atoms with van der Waals surface area (Å²) in [5.74, 6) is 0. The Hall–Kier alpha value is -2.14. The second-order valence-electron chi connectivity index (χ2n) is 6.10. The lowest BCUT2D eigenvalue weighted by atomic mass is 10.1. The van der Waals surface area contributed by atoms with Crippen molar-refractivity contribution < 1.29 is 8.42 Å². The second kappa shape index (κ2) is 13.3. The Morgan fingerprint density at radius 3 is 1.03 bits per heavy atom. The van der Waals surface area contributed by atoms with Crippen LogP contribution in [0.3, 0.4) is 0 Å². The van der Waals surface area contributed by atoms with Crippen LogP contribution in [0.4, 0.5) is 0 Å². The van der Waals surface area contributed by atoms with E-state index in [1.807, 2.05) is 97.1 Å². The van der Waals surface area contributed by atoms with Crippen molar-refractivity contribution in [2.24, 2.45) is 0 Å². The molecular weight excluding hydrogens is 494 g/mol. The highest BCUT2D eigenvalue weighted by Crippen LogP contribution is 2.25. The van der Waals surface area contributed by atoms with Gasteiger partial charge in [-0.1, -0.05) is 94.9 Å². The number of halogens is 4. The number of hydrogen-bond donors (Lipinski definition) is 0. The summed E-state index contributed by atoms with van der Waals surface area (Å²) in [6.45, 7) is 0. The van der Waals surface area contributed by atoms with E-state index < -0.39 is 11.6 Å². The summed E-state index contributed by atoms with van der Waals surface area (Å²) in [5.41, 5.74) is 4.46. The van der Waals surface area contributed by atoms with E-state index in [2.05, 4.69) is 0 Å². The van der Waals surface area contributed by atoms with Crippen LogP contribution in [0.15, 0.2) is 97.1 Å². The van der Waals surface area contributed by atoms with Gasteiger partial charge >= 0.3 is 11.6 Å². The van der Waals surface area contributed by atoms with Crippen LogP contribution in [0.5, 0.6) is 0 Å². The van der Waals surface area contributed by atoms with Gasteiger partial charge in [-0.25, -0.2) is 0 Å². The number of rotatable bonds is 2. The molecule has 0 aliphatic heterocycles. The summed E-state index contributed by atoms with van der Waals surface area (Å²) in [6, 6.07) is 30.9. The normalized spacial score (nSPS) is 9.55. The molecular formula is C24H16Cl4O2S. The van der Waals surface area contributed by atoms with Crippen molar-refractivity contribution in [3.8, 4) is 22.3 Å². The third-order valence-electron chi connectivity index (χ3n) is 4.00. The van der Waals surface area contributed by atoms with Gasteiger partial charge < -0.3 is 0 Å². The number of benzene rings is 4. The molecule has 0 aliphatic rings. The van der Waals surface area contributed by atoms with Gasteiger partial charge in [-0.05, 0) is 70.8 Å². The summed E-state index contributed by atoms with van der Waals surface area (Å²) < 4.78 is 16.6. The molecule has 31 heavy (non-hydrogen) atoms. The van der Waals surface area contributed by atoms with Crippen LogP contribution in [0.25, 0.3) is 22.3 Å². The minimum absolute atomic E-state index is 0.746. The molecule has 0 fully saturated rings. The van der Waals surface area contributed by atoms with Crippen molar-refractivity contribution in [3.63, 3.8) is 0 Å². The van der Waals surface area contributed by atoms with Crippen LogP contribution < -0.4 is 0 Å². The Morgan fingerprint density at radius 1 is 0.419 bits per heavy atom. The van der Waals surface area contributed by atoms with E-state index >= 15 is 0 Å². The average Bonchev–Trinajstić information content (AvgIpc) is 2.76. The van der Waals surface area contributed by atoms with Gasteiger partial charge in [-0.2, -0.15) is 8.42 Å². The highest BCUT2D eigenvalue weighted by molar-refractivity contribution is 7.51. The predicted molar refractivity (Wildman–Crippen MR) is 133 cm³/mol. The maximum Gasteiger partial charge on any atom is 0.335 e. The fraction of sp³-hybridized carbons (Fsp3) is 0. The molecule has 0 atom stereocenters. The molecule has 0 aliphatic carbocycles. The minimum Gasteiger partial charge on any atom is -0.168 e. The molecule has 4 aromatic carbocycles. The minimum atomic E-state index is -0.750.